The first-order valence-corrected chi connectivity index (χ1v) is 15.5. The molecule has 0 saturated heterocycles. The molecule has 0 aliphatic rings. The van der Waals surface area contributed by atoms with E-state index in [2.05, 4.69) is 10.5 Å². The highest BCUT2D eigenvalue weighted by Gasteiger charge is 2.23. The average Bonchev–Trinajstić information content (AvgIpc) is 2.86. The molecule has 222 valence electrons. The van der Waals surface area contributed by atoms with Crippen LogP contribution in [-0.4, -0.2) is 114 Å². The van der Waals surface area contributed by atoms with Gasteiger partial charge in [-0.05, 0) is 71.4 Å². The smallest absolute Gasteiger partial charge is 0.376 e. The number of carbonyl (C=O) groups excluding carboxylic acids is 1. The van der Waals surface area contributed by atoms with Gasteiger partial charge in [-0.3, -0.25) is 8.98 Å². The molecule has 1 aromatic rings. The fourth-order valence-electron chi connectivity index (χ4n) is 4.26. The number of amides is 1. The molecule has 1 aromatic carbocycles. The Labute approximate surface area is 243 Å². The van der Waals surface area contributed by atoms with E-state index in [1.54, 1.807) is 32.6 Å². The number of nitrogens with one attached hydrogen (secondary N) is 2. The molecular formula is C24H46B4N4O7S. The number of hydrogen-bond donors (Lipinski definition) is 5. The summed E-state index contributed by atoms with van der Waals surface area (Å²) in [6.07, 6.45) is 3.84. The SMILES string of the molecule is [B]C(=O)N(CCNB(C)O)CC(CCCCCCOS(=O)(=O)c1ccc(C)cc1)CN(CCNB(C)O)B(C)O. The highest BCUT2D eigenvalue weighted by atomic mass is 32.2. The predicted octanol–water partition coefficient (Wildman–Crippen LogP) is 0.670. The minimum Gasteiger partial charge on any atom is -0.437 e. The van der Waals surface area contributed by atoms with Gasteiger partial charge in [0.15, 0.2) is 5.81 Å². The summed E-state index contributed by atoms with van der Waals surface area (Å²) < 4.78 is 29.9. The van der Waals surface area contributed by atoms with E-state index in [0.717, 1.165) is 31.2 Å². The van der Waals surface area contributed by atoms with Crippen molar-refractivity contribution in [2.75, 3.05) is 45.9 Å². The third-order valence-electron chi connectivity index (χ3n) is 6.53. The zero-order valence-corrected chi connectivity index (χ0v) is 25.3. The lowest BCUT2D eigenvalue weighted by Crippen LogP contribution is -2.48. The zero-order valence-electron chi connectivity index (χ0n) is 24.5. The Balaban J connectivity index is 2.64. The van der Waals surface area contributed by atoms with Crippen LogP contribution in [0.3, 0.4) is 0 Å². The largest absolute Gasteiger partial charge is 0.437 e. The first-order chi connectivity index (χ1) is 18.8. The van der Waals surface area contributed by atoms with Crippen LogP contribution in [0.25, 0.3) is 0 Å². The molecule has 40 heavy (non-hydrogen) atoms. The van der Waals surface area contributed by atoms with Crippen LogP contribution in [0.4, 0.5) is 4.79 Å². The number of rotatable bonds is 22. The van der Waals surface area contributed by atoms with E-state index in [1.807, 2.05) is 11.7 Å². The lowest BCUT2D eigenvalue weighted by atomic mass is 9.82. The standard InChI is InChI=1S/C24H46B4N4O7S/c1-21-10-12-23(13-11-21)40(37,38)39-18-8-6-5-7-9-22(19-31(24(25)33)16-14-29-26(2)34)20-32(28(4)36)17-15-30-27(3)35/h10-13,22,29-30,34-36H,5-9,14-20H2,1-4H3. The van der Waals surface area contributed by atoms with Gasteiger partial charge in [-0.15, -0.1) is 0 Å². The average molecular weight is 578 g/mol. The van der Waals surface area contributed by atoms with Crippen molar-refractivity contribution in [2.45, 2.75) is 64.4 Å². The Morgan fingerprint density at radius 3 is 2.08 bits per heavy atom. The molecule has 0 saturated carbocycles. The van der Waals surface area contributed by atoms with Gasteiger partial charge in [-0.1, -0.05) is 37.0 Å². The van der Waals surface area contributed by atoms with Crippen molar-refractivity contribution < 1.29 is 32.5 Å². The normalized spacial score (nSPS) is 12.4. The van der Waals surface area contributed by atoms with E-state index >= 15 is 0 Å². The topological polar surface area (TPSA) is 152 Å². The maximum Gasteiger partial charge on any atom is 0.376 e. The molecule has 0 heterocycles. The molecule has 2 radical (unpaired) electrons. The van der Waals surface area contributed by atoms with Crippen molar-refractivity contribution in [3.8, 4) is 0 Å². The van der Waals surface area contributed by atoms with E-state index in [0.29, 0.717) is 45.7 Å². The van der Waals surface area contributed by atoms with Crippen LogP contribution in [0.2, 0.25) is 20.5 Å². The third kappa shape index (κ3) is 16.2. The van der Waals surface area contributed by atoms with Gasteiger partial charge in [0.25, 0.3) is 10.1 Å². The molecule has 0 aliphatic heterocycles. The number of unbranched alkanes of at least 4 members (excludes halogenated alkanes) is 3. The molecule has 0 fully saturated rings. The summed E-state index contributed by atoms with van der Waals surface area (Å²) in [5.74, 6) is -0.540. The molecule has 11 nitrogen and oxygen atoms in total. The second kappa shape index (κ2) is 19.7. The van der Waals surface area contributed by atoms with Crippen LogP contribution in [0.1, 0.15) is 37.7 Å². The Bertz CT molecular complexity index is 944. The summed E-state index contributed by atoms with van der Waals surface area (Å²) in [7, 11) is -0.216. The van der Waals surface area contributed by atoms with Crippen molar-refractivity contribution in [2.24, 2.45) is 5.92 Å². The van der Waals surface area contributed by atoms with Gasteiger partial charge in [-0.2, -0.15) is 8.42 Å². The molecule has 1 amide bonds. The maximum absolute atomic E-state index is 12.3. The summed E-state index contributed by atoms with van der Waals surface area (Å²) >= 11 is 0. The molecular weight excluding hydrogens is 532 g/mol. The van der Waals surface area contributed by atoms with Gasteiger partial charge < -0.3 is 35.2 Å². The highest BCUT2D eigenvalue weighted by Crippen LogP contribution is 2.17. The monoisotopic (exact) mass is 578 g/mol. The van der Waals surface area contributed by atoms with Crippen molar-refractivity contribution >= 4 is 44.9 Å². The molecule has 0 aromatic heterocycles. The Morgan fingerprint density at radius 1 is 0.950 bits per heavy atom. The first-order valence-electron chi connectivity index (χ1n) is 14.1. The van der Waals surface area contributed by atoms with Gasteiger partial charge in [0.2, 0.25) is 7.85 Å². The Hall–Kier alpha value is -1.38. The number of benzene rings is 1. The van der Waals surface area contributed by atoms with Gasteiger partial charge >= 0.3 is 21.2 Å². The molecule has 5 N–H and O–H groups in total. The third-order valence-corrected chi connectivity index (χ3v) is 7.85. The van der Waals surface area contributed by atoms with Crippen molar-refractivity contribution in [1.29, 1.82) is 0 Å². The lowest BCUT2D eigenvalue weighted by molar-refractivity contribution is 0.197. The summed E-state index contributed by atoms with van der Waals surface area (Å²) in [6, 6.07) is 6.55. The van der Waals surface area contributed by atoms with Crippen LogP contribution in [-0.2, 0) is 14.3 Å². The molecule has 1 atom stereocenters. The fraction of sp³-hybridized carbons (Fsp3) is 0.708. The number of nitrogens with zero attached hydrogens (tertiary/aromatic N) is 2. The quantitative estimate of drug-likeness (QED) is 0.0755. The van der Waals surface area contributed by atoms with Crippen LogP contribution < -0.4 is 10.5 Å². The summed E-state index contributed by atoms with van der Waals surface area (Å²) in [5.41, 5.74) is 0.973. The number of aryl methyl sites for hydroxylation is 1. The maximum atomic E-state index is 12.3. The molecule has 1 unspecified atom stereocenters. The minimum absolute atomic E-state index is 0.0124. The van der Waals surface area contributed by atoms with Crippen LogP contribution in [0, 0.1) is 12.8 Å². The fourth-order valence-corrected chi connectivity index (χ4v) is 5.20. The molecule has 0 bridgehead atoms. The summed E-state index contributed by atoms with van der Waals surface area (Å²) in [4.78, 5) is 15.7. The minimum atomic E-state index is -3.77. The number of carbonyl (C=O) groups is 1. The molecule has 16 heteroatoms. The van der Waals surface area contributed by atoms with Crippen LogP contribution in [0.5, 0.6) is 0 Å². The van der Waals surface area contributed by atoms with Gasteiger partial charge in [-0.25, -0.2) is 0 Å². The van der Waals surface area contributed by atoms with E-state index in [4.69, 9.17) is 12.0 Å². The summed E-state index contributed by atoms with van der Waals surface area (Å²) in [6.45, 7) is 9.53. The molecule has 0 spiro atoms. The van der Waals surface area contributed by atoms with Crippen LogP contribution >= 0.6 is 0 Å². The van der Waals surface area contributed by atoms with E-state index in [9.17, 15) is 28.3 Å². The van der Waals surface area contributed by atoms with Gasteiger partial charge in [0, 0.05) is 26.2 Å². The lowest BCUT2D eigenvalue weighted by Gasteiger charge is -2.32. The van der Waals surface area contributed by atoms with Crippen molar-refractivity contribution in [1.82, 2.24) is 20.2 Å². The van der Waals surface area contributed by atoms with E-state index in [1.165, 1.54) is 17.0 Å². The van der Waals surface area contributed by atoms with Gasteiger partial charge in [0.1, 0.15) is 0 Å². The first kappa shape index (κ1) is 36.6. The van der Waals surface area contributed by atoms with Gasteiger partial charge in [0.05, 0.1) is 11.5 Å². The predicted molar refractivity (Wildman–Crippen MR) is 163 cm³/mol. The number of hydrogen-bond acceptors (Lipinski definition) is 10. The summed E-state index contributed by atoms with van der Waals surface area (Å²) in [5, 5.41) is 35.1. The van der Waals surface area contributed by atoms with Crippen LogP contribution in [0.15, 0.2) is 29.2 Å². The van der Waals surface area contributed by atoms with E-state index < -0.39 is 37.1 Å². The van der Waals surface area contributed by atoms with E-state index in [-0.39, 0.29) is 17.4 Å². The second-order valence-corrected chi connectivity index (χ2v) is 11.9. The zero-order chi connectivity index (χ0) is 30.1. The molecule has 1 rings (SSSR count). The Kier molecular flexibility index (Phi) is 18.0. The second-order valence-electron chi connectivity index (χ2n) is 10.3. The highest BCUT2D eigenvalue weighted by molar-refractivity contribution is 7.86. The van der Waals surface area contributed by atoms with Crippen molar-refractivity contribution in [3.05, 3.63) is 29.8 Å². The Morgan fingerprint density at radius 2 is 1.52 bits per heavy atom. The molecule has 0 aliphatic carbocycles. The van der Waals surface area contributed by atoms with Crippen molar-refractivity contribution in [3.63, 3.8) is 0 Å².